The Kier molecular flexibility index (Phi) is 8.97. The second-order valence-electron chi connectivity index (χ2n) is 7.63. The first kappa shape index (κ1) is 22.9. The van der Waals surface area contributed by atoms with Crippen LogP contribution in [0, 0.1) is 0 Å². The van der Waals surface area contributed by atoms with Crippen LogP contribution >= 0.6 is 0 Å². The summed E-state index contributed by atoms with van der Waals surface area (Å²) in [7, 11) is 1.71. The SMILES string of the molecule is CCNC(=NCc1ccc(N2CCN(CC)CC2)nc1)NCCc1ccccc1OC. The first-order valence-corrected chi connectivity index (χ1v) is 11.3. The molecule has 0 spiro atoms. The van der Waals surface area contributed by atoms with E-state index in [-0.39, 0.29) is 0 Å². The standard InChI is InChI=1S/C24H36N6O/c1-4-25-24(26-13-12-21-8-6-7-9-22(21)31-3)28-19-20-10-11-23(27-18-20)30-16-14-29(5-2)15-17-30/h6-11,18H,4-5,12-17,19H2,1-3H3,(H2,25,26,28). The van der Waals surface area contributed by atoms with Gasteiger partial charge in [0.1, 0.15) is 11.6 Å². The maximum absolute atomic E-state index is 5.43. The maximum Gasteiger partial charge on any atom is 0.191 e. The molecule has 2 heterocycles. The van der Waals surface area contributed by atoms with Gasteiger partial charge >= 0.3 is 0 Å². The number of hydrogen-bond donors (Lipinski definition) is 2. The van der Waals surface area contributed by atoms with Gasteiger partial charge in [0, 0.05) is 45.5 Å². The Morgan fingerprint density at radius 3 is 2.55 bits per heavy atom. The molecule has 7 heteroatoms. The zero-order valence-corrected chi connectivity index (χ0v) is 19.1. The van der Waals surface area contributed by atoms with Gasteiger partial charge in [0.2, 0.25) is 0 Å². The van der Waals surface area contributed by atoms with E-state index in [1.54, 1.807) is 7.11 Å². The van der Waals surface area contributed by atoms with Gasteiger partial charge in [-0.15, -0.1) is 0 Å². The lowest BCUT2D eigenvalue weighted by Crippen LogP contribution is -2.46. The highest BCUT2D eigenvalue weighted by Crippen LogP contribution is 2.17. The number of pyridine rings is 1. The molecule has 0 aliphatic carbocycles. The molecule has 0 saturated carbocycles. The van der Waals surface area contributed by atoms with E-state index < -0.39 is 0 Å². The fourth-order valence-electron chi connectivity index (χ4n) is 3.73. The Morgan fingerprint density at radius 1 is 1.06 bits per heavy atom. The molecule has 1 aliphatic heterocycles. The predicted octanol–water partition coefficient (Wildman–Crippen LogP) is 2.53. The van der Waals surface area contributed by atoms with Crippen molar-refractivity contribution in [3.63, 3.8) is 0 Å². The summed E-state index contributed by atoms with van der Waals surface area (Å²) in [5, 5.41) is 6.73. The molecule has 1 aromatic carbocycles. The van der Waals surface area contributed by atoms with Gasteiger partial charge in [-0.25, -0.2) is 9.98 Å². The molecule has 2 N–H and O–H groups in total. The minimum absolute atomic E-state index is 0.598. The van der Waals surface area contributed by atoms with Crippen molar-refractivity contribution in [2.75, 3.05) is 57.8 Å². The second kappa shape index (κ2) is 12.2. The topological polar surface area (TPSA) is 65.0 Å². The van der Waals surface area contributed by atoms with Crippen LogP contribution in [0.4, 0.5) is 5.82 Å². The van der Waals surface area contributed by atoms with Crippen LogP contribution in [0.1, 0.15) is 25.0 Å². The number of methoxy groups -OCH3 is 1. The summed E-state index contributed by atoms with van der Waals surface area (Å²) in [5.74, 6) is 2.80. The summed E-state index contributed by atoms with van der Waals surface area (Å²) >= 11 is 0. The van der Waals surface area contributed by atoms with Crippen LogP contribution in [0.25, 0.3) is 0 Å². The van der Waals surface area contributed by atoms with Crippen LogP contribution < -0.4 is 20.3 Å². The Labute approximate surface area is 186 Å². The summed E-state index contributed by atoms with van der Waals surface area (Å²) in [6.07, 6.45) is 2.82. The molecule has 3 rings (SSSR count). The number of aliphatic imine (C=N–C) groups is 1. The molecule has 0 atom stereocenters. The molecule has 0 unspecified atom stereocenters. The molecule has 1 fully saturated rings. The number of guanidine groups is 1. The third-order valence-corrected chi connectivity index (χ3v) is 5.60. The first-order valence-electron chi connectivity index (χ1n) is 11.3. The molecule has 0 radical (unpaired) electrons. The second-order valence-corrected chi connectivity index (χ2v) is 7.63. The van der Waals surface area contributed by atoms with Crippen molar-refractivity contribution in [1.29, 1.82) is 0 Å². The van der Waals surface area contributed by atoms with Crippen molar-refractivity contribution in [3.8, 4) is 5.75 Å². The molecule has 31 heavy (non-hydrogen) atoms. The fourth-order valence-corrected chi connectivity index (χ4v) is 3.73. The highest BCUT2D eigenvalue weighted by molar-refractivity contribution is 5.79. The van der Waals surface area contributed by atoms with E-state index in [9.17, 15) is 0 Å². The maximum atomic E-state index is 5.43. The van der Waals surface area contributed by atoms with Crippen LogP contribution in [-0.2, 0) is 13.0 Å². The van der Waals surface area contributed by atoms with Crippen LogP contribution in [0.15, 0.2) is 47.6 Å². The lowest BCUT2D eigenvalue weighted by atomic mass is 10.1. The Morgan fingerprint density at radius 2 is 1.87 bits per heavy atom. The van der Waals surface area contributed by atoms with Crippen molar-refractivity contribution in [2.45, 2.75) is 26.8 Å². The van der Waals surface area contributed by atoms with Gasteiger partial charge in [-0.2, -0.15) is 0 Å². The third-order valence-electron chi connectivity index (χ3n) is 5.60. The number of ether oxygens (including phenoxy) is 1. The molecule has 1 saturated heterocycles. The van der Waals surface area contributed by atoms with E-state index in [0.717, 1.165) is 75.3 Å². The first-order chi connectivity index (χ1) is 15.2. The molecule has 0 amide bonds. The molecular weight excluding hydrogens is 388 g/mol. The highest BCUT2D eigenvalue weighted by atomic mass is 16.5. The van der Waals surface area contributed by atoms with Gasteiger partial charge in [-0.3, -0.25) is 0 Å². The van der Waals surface area contributed by atoms with Crippen LogP contribution in [-0.4, -0.2) is 68.8 Å². The van der Waals surface area contributed by atoms with E-state index in [1.807, 2.05) is 24.4 Å². The fraction of sp³-hybridized carbons (Fsp3) is 0.500. The molecule has 168 valence electrons. The summed E-state index contributed by atoms with van der Waals surface area (Å²) in [6.45, 7) is 11.9. The quantitative estimate of drug-likeness (QED) is 0.476. The number of nitrogens with one attached hydrogen (secondary N) is 2. The average molecular weight is 425 g/mol. The zero-order valence-electron chi connectivity index (χ0n) is 19.1. The van der Waals surface area contributed by atoms with Crippen molar-refractivity contribution in [3.05, 3.63) is 53.7 Å². The molecule has 1 aliphatic rings. The van der Waals surface area contributed by atoms with Crippen LogP contribution in [0.5, 0.6) is 5.75 Å². The molecule has 2 aromatic rings. The van der Waals surface area contributed by atoms with Gasteiger partial charge in [0.25, 0.3) is 0 Å². The van der Waals surface area contributed by atoms with E-state index in [2.05, 4.69) is 57.5 Å². The van der Waals surface area contributed by atoms with Gasteiger partial charge in [-0.05, 0) is 43.1 Å². The third kappa shape index (κ3) is 6.85. The average Bonchev–Trinajstić information content (AvgIpc) is 2.83. The summed E-state index contributed by atoms with van der Waals surface area (Å²) in [6, 6.07) is 12.4. The summed E-state index contributed by atoms with van der Waals surface area (Å²) < 4.78 is 5.43. The summed E-state index contributed by atoms with van der Waals surface area (Å²) in [4.78, 5) is 14.2. The Bertz CT molecular complexity index is 815. The molecule has 7 nitrogen and oxygen atoms in total. The largest absolute Gasteiger partial charge is 0.496 e. The van der Waals surface area contributed by atoms with E-state index in [1.165, 1.54) is 5.56 Å². The minimum Gasteiger partial charge on any atom is -0.496 e. The number of hydrogen-bond acceptors (Lipinski definition) is 5. The molecular formula is C24H36N6O. The number of aromatic nitrogens is 1. The van der Waals surface area contributed by atoms with Crippen molar-refractivity contribution in [2.24, 2.45) is 4.99 Å². The van der Waals surface area contributed by atoms with E-state index in [4.69, 9.17) is 9.73 Å². The number of para-hydroxylation sites is 1. The van der Waals surface area contributed by atoms with E-state index >= 15 is 0 Å². The predicted molar refractivity (Wildman–Crippen MR) is 128 cm³/mol. The number of nitrogens with zero attached hydrogens (tertiary/aromatic N) is 4. The van der Waals surface area contributed by atoms with Gasteiger partial charge < -0.3 is 25.2 Å². The minimum atomic E-state index is 0.598. The number of anilines is 1. The number of likely N-dealkylation sites (N-methyl/N-ethyl adjacent to an activating group) is 1. The number of piperazine rings is 1. The smallest absolute Gasteiger partial charge is 0.191 e. The van der Waals surface area contributed by atoms with Gasteiger partial charge in [0.15, 0.2) is 5.96 Å². The summed E-state index contributed by atoms with van der Waals surface area (Å²) in [5.41, 5.74) is 2.30. The lowest BCUT2D eigenvalue weighted by molar-refractivity contribution is 0.270. The Hall–Kier alpha value is -2.80. The normalized spacial score (nSPS) is 15.1. The van der Waals surface area contributed by atoms with Crippen LogP contribution in [0.3, 0.4) is 0 Å². The molecule has 1 aromatic heterocycles. The van der Waals surface area contributed by atoms with Crippen LogP contribution in [0.2, 0.25) is 0 Å². The zero-order chi connectivity index (χ0) is 21.9. The number of rotatable bonds is 9. The van der Waals surface area contributed by atoms with Gasteiger partial charge in [-0.1, -0.05) is 31.2 Å². The van der Waals surface area contributed by atoms with Crippen molar-refractivity contribution < 1.29 is 4.74 Å². The highest BCUT2D eigenvalue weighted by Gasteiger charge is 2.16. The lowest BCUT2D eigenvalue weighted by Gasteiger charge is -2.34. The van der Waals surface area contributed by atoms with E-state index in [0.29, 0.717) is 6.54 Å². The monoisotopic (exact) mass is 424 g/mol. The van der Waals surface area contributed by atoms with Gasteiger partial charge in [0.05, 0.1) is 13.7 Å². The number of benzene rings is 1. The van der Waals surface area contributed by atoms with Crippen molar-refractivity contribution >= 4 is 11.8 Å². The van der Waals surface area contributed by atoms with Crippen molar-refractivity contribution in [1.82, 2.24) is 20.5 Å². The Balaban J connectivity index is 1.51. The molecule has 0 bridgehead atoms.